The van der Waals surface area contributed by atoms with Gasteiger partial charge in [-0.3, -0.25) is 4.79 Å². The van der Waals surface area contributed by atoms with Gasteiger partial charge in [0.05, 0.1) is 5.92 Å². The van der Waals surface area contributed by atoms with Gasteiger partial charge < -0.3 is 9.67 Å². The van der Waals surface area contributed by atoms with Crippen molar-refractivity contribution in [3.63, 3.8) is 0 Å². The Morgan fingerprint density at radius 3 is 2.60 bits per heavy atom. The van der Waals surface area contributed by atoms with E-state index in [1.807, 2.05) is 13.0 Å². The van der Waals surface area contributed by atoms with Gasteiger partial charge in [0.25, 0.3) is 0 Å². The third kappa shape index (κ3) is 1.66. The molecule has 0 aromatic carbocycles. The molecule has 15 heavy (non-hydrogen) atoms. The van der Waals surface area contributed by atoms with Gasteiger partial charge in [-0.2, -0.15) is 0 Å². The summed E-state index contributed by atoms with van der Waals surface area (Å²) in [4.78, 5) is 10.9. The zero-order valence-electron chi connectivity index (χ0n) is 9.45. The van der Waals surface area contributed by atoms with E-state index >= 15 is 0 Å². The van der Waals surface area contributed by atoms with Crippen LogP contribution in [-0.2, 0) is 4.79 Å². The summed E-state index contributed by atoms with van der Waals surface area (Å²) in [7, 11) is 0. The molecule has 0 radical (unpaired) electrons. The molecule has 1 fully saturated rings. The van der Waals surface area contributed by atoms with Crippen molar-refractivity contribution in [2.45, 2.75) is 45.6 Å². The maximum Gasteiger partial charge on any atom is 0.310 e. The van der Waals surface area contributed by atoms with Crippen molar-refractivity contribution < 1.29 is 9.90 Å². The minimum Gasteiger partial charge on any atom is -0.481 e. The maximum atomic E-state index is 10.9. The van der Waals surface area contributed by atoms with Gasteiger partial charge in [0.15, 0.2) is 0 Å². The predicted octanol–water partition coefficient (Wildman–Crippen LogP) is 2.63. The monoisotopic (exact) mass is 207 g/mol. The Balaban J connectivity index is 2.40. The molecule has 1 aliphatic carbocycles. The first-order chi connectivity index (χ1) is 7.02. The molecule has 1 atom stereocenters. The van der Waals surface area contributed by atoms with Crippen LogP contribution in [0.2, 0.25) is 0 Å². The Morgan fingerprint density at radius 1 is 1.53 bits per heavy atom. The van der Waals surface area contributed by atoms with Gasteiger partial charge in [-0.05, 0) is 45.2 Å². The summed E-state index contributed by atoms with van der Waals surface area (Å²) >= 11 is 0. The average Bonchev–Trinajstić information content (AvgIpc) is 2.93. The van der Waals surface area contributed by atoms with Crippen LogP contribution in [-0.4, -0.2) is 15.6 Å². The van der Waals surface area contributed by atoms with Crippen LogP contribution in [0.25, 0.3) is 0 Å². The van der Waals surface area contributed by atoms with E-state index in [4.69, 9.17) is 5.11 Å². The minimum atomic E-state index is -0.744. The van der Waals surface area contributed by atoms with E-state index in [1.54, 1.807) is 6.92 Å². The summed E-state index contributed by atoms with van der Waals surface area (Å²) in [6.45, 7) is 5.84. The van der Waals surface area contributed by atoms with E-state index < -0.39 is 11.9 Å². The third-order valence-corrected chi connectivity index (χ3v) is 3.27. The van der Waals surface area contributed by atoms with Gasteiger partial charge in [0.2, 0.25) is 0 Å². The summed E-state index contributed by atoms with van der Waals surface area (Å²) in [5, 5.41) is 9.00. The number of carbonyl (C=O) groups is 1. The number of rotatable bonds is 3. The fraction of sp³-hybridized carbons (Fsp3) is 0.583. The van der Waals surface area contributed by atoms with Crippen LogP contribution in [0.3, 0.4) is 0 Å². The highest BCUT2D eigenvalue weighted by Gasteiger charge is 2.29. The highest BCUT2D eigenvalue weighted by Crippen LogP contribution is 2.39. The first kappa shape index (κ1) is 10.3. The van der Waals surface area contributed by atoms with E-state index in [-0.39, 0.29) is 0 Å². The van der Waals surface area contributed by atoms with Crippen molar-refractivity contribution in [3.8, 4) is 0 Å². The summed E-state index contributed by atoms with van der Waals surface area (Å²) in [6, 6.07) is 2.65. The summed E-state index contributed by atoms with van der Waals surface area (Å²) in [5.41, 5.74) is 3.29. The predicted molar refractivity (Wildman–Crippen MR) is 58.2 cm³/mol. The molecular weight excluding hydrogens is 190 g/mol. The molecule has 3 heteroatoms. The molecule has 3 nitrogen and oxygen atoms in total. The van der Waals surface area contributed by atoms with Crippen LogP contribution in [0, 0.1) is 13.8 Å². The second-order valence-corrected chi connectivity index (χ2v) is 4.49. The SMILES string of the molecule is Cc1cc(C(C)C(=O)O)c(C)n1C1CC1. The fourth-order valence-corrected chi connectivity index (χ4v) is 2.27. The van der Waals surface area contributed by atoms with E-state index in [2.05, 4.69) is 11.5 Å². The number of aliphatic carboxylic acids is 1. The number of carboxylic acids is 1. The van der Waals surface area contributed by atoms with Crippen LogP contribution in [0.15, 0.2) is 6.07 Å². The van der Waals surface area contributed by atoms with Crippen LogP contribution >= 0.6 is 0 Å². The van der Waals surface area contributed by atoms with Gasteiger partial charge in [0.1, 0.15) is 0 Å². The first-order valence-corrected chi connectivity index (χ1v) is 5.43. The molecular formula is C12H17NO2. The molecule has 0 aliphatic heterocycles. The molecule has 0 amide bonds. The lowest BCUT2D eigenvalue weighted by molar-refractivity contribution is -0.138. The van der Waals surface area contributed by atoms with Gasteiger partial charge in [-0.25, -0.2) is 0 Å². The lowest BCUT2D eigenvalue weighted by Crippen LogP contribution is -2.08. The number of hydrogen-bond donors (Lipinski definition) is 1. The van der Waals surface area contributed by atoms with Crippen LogP contribution in [0.4, 0.5) is 0 Å². The number of hydrogen-bond acceptors (Lipinski definition) is 1. The molecule has 1 aromatic heterocycles. The van der Waals surface area contributed by atoms with Gasteiger partial charge in [0, 0.05) is 17.4 Å². The molecule has 1 unspecified atom stereocenters. The topological polar surface area (TPSA) is 42.2 Å². The lowest BCUT2D eigenvalue weighted by Gasteiger charge is -2.09. The van der Waals surface area contributed by atoms with Crippen molar-refractivity contribution >= 4 is 5.97 Å². The number of nitrogens with zero attached hydrogens (tertiary/aromatic N) is 1. The van der Waals surface area contributed by atoms with E-state index in [0.29, 0.717) is 6.04 Å². The molecule has 0 saturated heterocycles. The van der Waals surface area contributed by atoms with Crippen molar-refractivity contribution in [3.05, 3.63) is 23.0 Å². The Morgan fingerprint density at radius 2 is 2.13 bits per heavy atom. The second-order valence-electron chi connectivity index (χ2n) is 4.49. The number of aromatic nitrogens is 1. The molecule has 1 heterocycles. The first-order valence-electron chi connectivity index (χ1n) is 5.43. The number of carboxylic acid groups (broad SMARTS) is 1. The molecule has 2 rings (SSSR count). The summed E-state index contributed by atoms with van der Waals surface area (Å²) in [6.07, 6.45) is 2.47. The van der Waals surface area contributed by atoms with Crippen LogP contribution < -0.4 is 0 Å². The Kier molecular flexibility index (Phi) is 2.33. The lowest BCUT2D eigenvalue weighted by atomic mass is 10.0. The minimum absolute atomic E-state index is 0.399. The summed E-state index contributed by atoms with van der Waals surface area (Å²) < 4.78 is 2.29. The van der Waals surface area contributed by atoms with Gasteiger partial charge in [-0.1, -0.05) is 0 Å². The quantitative estimate of drug-likeness (QED) is 0.827. The van der Waals surface area contributed by atoms with Crippen molar-refractivity contribution in [1.29, 1.82) is 0 Å². The second kappa shape index (κ2) is 3.40. The molecule has 1 aromatic rings. The summed E-state index contributed by atoms with van der Waals surface area (Å²) in [5.74, 6) is -1.14. The average molecular weight is 207 g/mol. The zero-order chi connectivity index (χ0) is 11.2. The van der Waals surface area contributed by atoms with E-state index in [9.17, 15) is 4.79 Å². The molecule has 0 bridgehead atoms. The fourth-order valence-electron chi connectivity index (χ4n) is 2.27. The highest BCUT2D eigenvalue weighted by molar-refractivity contribution is 5.76. The van der Waals surface area contributed by atoms with Crippen LogP contribution in [0.5, 0.6) is 0 Å². The maximum absolute atomic E-state index is 10.9. The number of aryl methyl sites for hydroxylation is 1. The highest BCUT2D eigenvalue weighted by atomic mass is 16.4. The van der Waals surface area contributed by atoms with Crippen molar-refractivity contribution in [2.75, 3.05) is 0 Å². The largest absolute Gasteiger partial charge is 0.481 e. The van der Waals surface area contributed by atoms with Gasteiger partial charge in [-0.15, -0.1) is 0 Å². The molecule has 1 saturated carbocycles. The van der Waals surface area contributed by atoms with Crippen LogP contribution in [0.1, 0.15) is 48.7 Å². The van der Waals surface area contributed by atoms with E-state index in [1.165, 1.54) is 18.5 Å². The standard InChI is InChI=1S/C12H17NO2/c1-7-6-11(8(2)12(14)15)9(3)13(7)10-4-5-10/h6,8,10H,4-5H2,1-3H3,(H,14,15). The van der Waals surface area contributed by atoms with Gasteiger partial charge >= 0.3 is 5.97 Å². The Hall–Kier alpha value is -1.25. The van der Waals surface area contributed by atoms with Crippen molar-refractivity contribution in [1.82, 2.24) is 4.57 Å². The Labute approximate surface area is 89.7 Å². The smallest absolute Gasteiger partial charge is 0.310 e. The molecule has 0 spiro atoms. The Bertz CT molecular complexity index is 402. The molecule has 82 valence electrons. The molecule has 1 N–H and O–H groups in total. The van der Waals surface area contributed by atoms with E-state index in [0.717, 1.165) is 11.3 Å². The normalized spacial score (nSPS) is 17.8. The molecule has 1 aliphatic rings. The third-order valence-electron chi connectivity index (χ3n) is 3.27. The van der Waals surface area contributed by atoms with Crippen molar-refractivity contribution in [2.24, 2.45) is 0 Å². The zero-order valence-corrected chi connectivity index (χ0v) is 9.45.